The van der Waals surface area contributed by atoms with Crippen LogP contribution < -0.4 is 4.74 Å². The highest BCUT2D eigenvalue weighted by molar-refractivity contribution is 5.97. The molecule has 1 amide bonds. The largest absolute Gasteiger partial charge is 0.485 e. The normalized spacial score (nSPS) is 18.3. The second-order valence-electron chi connectivity index (χ2n) is 7.04. The third kappa shape index (κ3) is 3.91. The van der Waals surface area contributed by atoms with Gasteiger partial charge in [0, 0.05) is 30.1 Å². The zero-order valence-electron chi connectivity index (χ0n) is 16.4. The first-order chi connectivity index (χ1) is 14.6. The Morgan fingerprint density at radius 1 is 1.00 bits per heavy atom. The van der Waals surface area contributed by atoms with Crippen LogP contribution in [0.2, 0.25) is 0 Å². The summed E-state index contributed by atoms with van der Waals surface area (Å²) >= 11 is 0. The molecule has 0 radical (unpaired) electrons. The van der Waals surface area contributed by atoms with E-state index in [1.54, 1.807) is 24.3 Å². The fourth-order valence-corrected chi connectivity index (χ4v) is 3.64. The van der Waals surface area contributed by atoms with Gasteiger partial charge < -0.3 is 18.9 Å². The fourth-order valence-electron chi connectivity index (χ4n) is 3.64. The van der Waals surface area contributed by atoms with Crippen molar-refractivity contribution in [3.63, 3.8) is 0 Å². The van der Waals surface area contributed by atoms with E-state index in [0.29, 0.717) is 5.56 Å². The molecule has 7 heteroatoms. The summed E-state index contributed by atoms with van der Waals surface area (Å²) in [4.78, 5) is 26.8. The van der Waals surface area contributed by atoms with Crippen LogP contribution in [0.1, 0.15) is 16.8 Å². The molecule has 0 N–H and O–H groups in total. The predicted molar refractivity (Wildman–Crippen MR) is 108 cm³/mol. The first-order valence-electron chi connectivity index (χ1n) is 9.60. The number of carbonyl (C=O) groups excluding carboxylic acids is 2. The Balaban J connectivity index is 1.53. The van der Waals surface area contributed by atoms with E-state index in [-0.39, 0.29) is 24.6 Å². The molecule has 0 unspecified atom stereocenters. The highest BCUT2D eigenvalue weighted by Gasteiger charge is 2.42. The van der Waals surface area contributed by atoms with Crippen molar-refractivity contribution >= 4 is 11.9 Å². The molecule has 6 nitrogen and oxygen atoms in total. The lowest BCUT2D eigenvalue weighted by molar-refractivity contribution is -0.145. The summed E-state index contributed by atoms with van der Waals surface area (Å²) < 4.78 is 26.5. The maximum atomic E-state index is 13.9. The van der Waals surface area contributed by atoms with Gasteiger partial charge in [-0.3, -0.25) is 4.79 Å². The highest BCUT2D eigenvalue weighted by atomic mass is 19.1. The molecule has 0 saturated carbocycles. The van der Waals surface area contributed by atoms with Crippen molar-refractivity contribution < 1.29 is 23.5 Å². The summed E-state index contributed by atoms with van der Waals surface area (Å²) in [6.07, 6.45) is 3.53. The summed E-state index contributed by atoms with van der Waals surface area (Å²) in [6.45, 7) is 0.159. The lowest BCUT2D eigenvalue weighted by atomic mass is 10.1. The summed E-state index contributed by atoms with van der Waals surface area (Å²) in [7, 11) is 1.28. The molecule has 1 aromatic heterocycles. The minimum absolute atomic E-state index is 0.0940. The number of carbonyl (C=O) groups is 2. The van der Waals surface area contributed by atoms with E-state index in [4.69, 9.17) is 9.47 Å². The molecule has 1 aliphatic rings. The number of amides is 1. The number of likely N-dealkylation sites (tertiary alicyclic amines) is 1. The molecule has 1 aliphatic heterocycles. The number of para-hydroxylation sites is 1. The molecule has 2 heterocycles. The smallest absolute Gasteiger partial charge is 0.328 e. The number of methoxy groups -OCH3 is 1. The molecule has 4 rings (SSSR count). The topological polar surface area (TPSA) is 60.8 Å². The van der Waals surface area contributed by atoms with Gasteiger partial charge in [-0.15, -0.1) is 0 Å². The first-order valence-corrected chi connectivity index (χ1v) is 9.60. The number of hydrogen-bond donors (Lipinski definition) is 0. The lowest BCUT2D eigenvalue weighted by Crippen LogP contribution is -2.41. The van der Waals surface area contributed by atoms with Gasteiger partial charge in [0.25, 0.3) is 5.91 Å². The zero-order valence-corrected chi connectivity index (χ0v) is 16.4. The summed E-state index contributed by atoms with van der Waals surface area (Å²) in [5.74, 6) is -1.22. The van der Waals surface area contributed by atoms with E-state index < -0.39 is 23.9 Å². The van der Waals surface area contributed by atoms with E-state index in [9.17, 15) is 14.0 Å². The average molecular weight is 408 g/mol. The lowest BCUT2D eigenvalue weighted by Gasteiger charge is -2.22. The van der Waals surface area contributed by atoms with Crippen molar-refractivity contribution in [1.82, 2.24) is 9.47 Å². The molecule has 30 heavy (non-hydrogen) atoms. The Kier molecular flexibility index (Phi) is 5.52. The monoisotopic (exact) mass is 408 g/mol. The SMILES string of the molecule is COC(=O)[C@@H]1C[C@@H](Oc2ccccc2F)CN1C(=O)c1ccc(-n2cccc2)cc1. The Hall–Kier alpha value is -3.61. The molecule has 154 valence electrons. The Morgan fingerprint density at radius 3 is 2.37 bits per heavy atom. The number of esters is 1. The number of aromatic nitrogens is 1. The standard InChI is InChI=1S/C23H21FN2O4/c1-29-23(28)20-14-18(30-21-7-3-2-6-19(21)24)15-26(20)22(27)16-8-10-17(11-9-16)25-12-4-5-13-25/h2-13,18,20H,14-15H2,1H3/t18-,20+/m1/s1. The number of halogens is 1. The Morgan fingerprint density at radius 2 is 1.70 bits per heavy atom. The van der Waals surface area contributed by atoms with Crippen molar-refractivity contribution in [2.24, 2.45) is 0 Å². The summed E-state index contributed by atoms with van der Waals surface area (Å²) in [5, 5.41) is 0. The Bertz CT molecular complexity index is 1030. The van der Waals surface area contributed by atoms with Gasteiger partial charge in [0.2, 0.25) is 0 Å². The Labute approximate surface area is 173 Å². The van der Waals surface area contributed by atoms with Crippen molar-refractivity contribution in [3.05, 3.63) is 84.4 Å². The minimum Gasteiger partial charge on any atom is -0.485 e. The second kappa shape index (κ2) is 8.41. The van der Waals surface area contributed by atoms with Gasteiger partial charge >= 0.3 is 5.97 Å². The van der Waals surface area contributed by atoms with E-state index >= 15 is 0 Å². The van der Waals surface area contributed by atoms with Crippen LogP contribution in [0, 0.1) is 5.82 Å². The van der Waals surface area contributed by atoms with Gasteiger partial charge in [-0.2, -0.15) is 0 Å². The molecule has 2 atom stereocenters. The van der Waals surface area contributed by atoms with Gasteiger partial charge in [0.15, 0.2) is 11.6 Å². The first kappa shape index (κ1) is 19.7. The second-order valence-corrected chi connectivity index (χ2v) is 7.04. The highest BCUT2D eigenvalue weighted by Crippen LogP contribution is 2.27. The number of ether oxygens (including phenoxy) is 2. The molecule has 1 fully saturated rings. The van der Waals surface area contributed by atoms with Crippen molar-refractivity contribution in [2.45, 2.75) is 18.6 Å². The molecular formula is C23H21FN2O4. The van der Waals surface area contributed by atoms with Crippen molar-refractivity contribution in [3.8, 4) is 11.4 Å². The van der Waals surface area contributed by atoms with Crippen LogP contribution in [0.5, 0.6) is 5.75 Å². The van der Waals surface area contributed by atoms with Crippen LogP contribution in [0.25, 0.3) is 5.69 Å². The maximum absolute atomic E-state index is 13.9. The molecule has 0 aliphatic carbocycles. The molecule has 0 bridgehead atoms. The van der Waals surface area contributed by atoms with Crippen molar-refractivity contribution in [1.29, 1.82) is 0 Å². The van der Waals surface area contributed by atoms with Crippen LogP contribution in [0.15, 0.2) is 73.1 Å². The van der Waals surface area contributed by atoms with Gasteiger partial charge in [-0.05, 0) is 48.5 Å². The van der Waals surface area contributed by atoms with Gasteiger partial charge in [-0.25, -0.2) is 9.18 Å². The predicted octanol–water partition coefficient (Wildman–Crippen LogP) is 3.45. The number of benzene rings is 2. The van der Waals surface area contributed by atoms with E-state index in [0.717, 1.165) is 5.69 Å². The molecule has 2 aromatic carbocycles. The van der Waals surface area contributed by atoms with Crippen LogP contribution in [-0.2, 0) is 9.53 Å². The van der Waals surface area contributed by atoms with E-state index in [1.165, 1.54) is 24.1 Å². The van der Waals surface area contributed by atoms with Crippen LogP contribution in [-0.4, -0.2) is 47.1 Å². The third-order valence-electron chi connectivity index (χ3n) is 5.14. The maximum Gasteiger partial charge on any atom is 0.328 e. The van der Waals surface area contributed by atoms with E-state index in [2.05, 4.69) is 0 Å². The summed E-state index contributed by atoms with van der Waals surface area (Å²) in [5.41, 5.74) is 1.37. The molecule has 1 saturated heterocycles. The third-order valence-corrected chi connectivity index (χ3v) is 5.14. The van der Waals surface area contributed by atoms with Gasteiger partial charge in [-0.1, -0.05) is 12.1 Å². The molecule has 3 aromatic rings. The molecule has 0 spiro atoms. The van der Waals surface area contributed by atoms with Crippen molar-refractivity contribution in [2.75, 3.05) is 13.7 Å². The van der Waals surface area contributed by atoms with Crippen LogP contribution in [0.4, 0.5) is 4.39 Å². The zero-order chi connectivity index (χ0) is 21.1. The minimum atomic E-state index is -0.789. The average Bonchev–Trinajstić information content (AvgIpc) is 3.45. The van der Waals surface area contributed by atoms with Gasteiger partial charge in [0.05, 0.1) is 13.7 Å². The number of hydrogen-bond acceptors (Lipinski definition) is 4. The van der Waals surface area contributed by atoms with Gasteiger partial charge in [0.1, 0.15) is 12.1 Å². The number of rotatable bonds is 5. The van der Waals surface area contributed by atoms with E-state index in [1.807, 2.05) is 41.2 Å². The number of nitrogens with zero attached hydrogens (tertiary/aromatic N) is 2. The summed E-state index contributed by atoms with van der Waals surface area (Å²) in [6, 6.07) is 16.2. The van der Waals surface area contributed by atoms with Crippen LogP contribution >= 0.6 is 0 Å². The van der Waals surface area contributed by atoms with Crippen LogP contribution in [0.3, 0.4) is 0 Å². The quantitative estimate of drug-likeness (QED) is 0.607. The fraction of sp³-hybridized carbons (Fsp3) is 0.217. The molecular weight excluding hydrogens is 387 g/mol.